The summed E-state index contributed by atoms with van der Waals surface area (Å²) in [6.45, 7) is -0.269. The highest BCUT2D eigenvalue weighted by Gasteiger charge is 2.08. The molecule has 0 fully saturated rings. The maximum absolute atomic E-state index is 11.9. The van der Waals surface area contributed by atoms with Gasteiger partial charge in [0.05, 0.1) is 0 Å². The van der Waals surface area contributed by atoms with Crippen LogP contribution in [0.4, 0.5) is 0 Å². The van der Waals surface area contributed by atoms with E-state index in [1.807, 2.05) is 36.4 Å². The van der Waals surface area contributed by atoms with Gasteiger partial charge in [-0.2, -0.15) is 0 Å². The topological polar surface area (TPSA) is 43.4 Å². The van der Waals surface area contributed by atoms with Crippen LogP contribution in [0.1, 0.15) is 15.9 Å². The second-order valence-corrected chi connectivity index (χ2v) is 5.20. The van der Waals surface area contributed by atoms with Crippen molar-refractivity contribution < 1.29 is 14.3 Å². The van der Waals surface area contributed by atoms with Gasteiger partial charge in [-0.15, -0.1) is 0 Å². The molecule has 0 aliphatic rings. The van der Waals surface area contributed by atoms with Crippen molar-refractivity contribution in [2.45, 2.75) is 0 Å². The van der Waals surface area contributed by atoms with Crippen LogP contribution in [0, 0.1) is 0 Å². The molecule has 0 aromatic heterocycles. The number of hydrogen-bond acceptors (Lipinski definition) is 3. The molecule has 2 aromatic rings. The van der Waals surface area contributed by atoms with Crippen molar-refractivity contribution in [1.82, 2.24) is 0 Å². The van der Waals surface area contributed by atoms with Gasteiger partial charge in [-0.3, -0.25) is 4.79 Å². The Balaban J connectivity index is 1.87. The molecular weight excluding hydrogens is 332 g/mol. The molecule has 0 N–H and O–H groups in total. The summed E-state index contributed by atoms with van der Waals surface area (Å²) in [6.07, 6.45) is 2.95. The van der Waals surface area contributed by atoms with Gasteiger partial charge in [0.25, 0.3) is 0 Å². The highest BCUT2D eigenvalue weighted by Crippen LogP contribution is 2.12. The number of carbonyl (C=O) groups is 2. The first-order chi connectivity index (χ1) is 10.1. The molecule has 106 valence electrons. The summed E-state index contributed by atoms with van der Waals surface area (Å²) >= 11 is 3.29. The standard InChI is InChI=1S/C17H13BrO3/c18-15-8-4-7-14(11-15)16(19)12-21-17(20)10-9-13-5-2-1-3-6-13/h1-11H,12H2/b10-9+. The van der Waals surface area contributed by atoms with Crippen LogP contribution in [0.15, 0.2) is 65.1 Å². The largest absolute Gasteiger partial charge is 0.454 e. The van der Waals surface area contributed by atoms with Crippen molar-refractivity contribution in [1.29, 1.82) is 0 Å². The van der Waals surface area contributed by atoms with Crippen molar-refractivity contribution in [3.05, 3.63) is 76.3 Å². The second-order valence-electron chi connectivity index (χ2n) is 4.29. The molecule has 0 aliphatic carbocycles. The zero-order valence-electron chi connectivity index (χ0n) is 11.2. The van der Waals surface area contributed by atoms with Gasteiger partial charge in [-0.05, 0) is 23.8 Å². The highest BCUT2D eigenvalue weighted by molar-refractivity contribution is 9.10. The Morgan fingerprint density at radius 1 is 1.05 bits per heavy atom. The summed E-state index contributed by atoms with van der Waals surface area (Å²) in [7, 11) is 0. The van der Waals surface area contributed by atoms with Crippen LogP contribution in [-0.4, -0.2) is 18.4 Å². The van der Waals surface area contributed by atoms with Crippen molar-refractivity contribution in [2.75, 3.05) is 6.61 Å². The lowest BCUT2D eigenvalue weighted by molar-refractivity contribution is -0.136. The number of ketones is 1. The SMILES string of the molecule is O=C(/C=C/c1ccccc1)OCC(=O)c1cccc(Br)c1. The van der Waals surface area contributed by atoms with E-state index in [9.17, 15) is 9.59 Å². The van der Waals surface area contributed by atoms with Crippen molar-refractivity contribution >= 4 is 33.8 Å². The third-order valence-electron chi connectivity index (χ3n) is 2.70. The molecule has 2 aromatic carbocycles. The minimum Gasteiger partial charge on any atom is -0.454 e. The first-order valence-corrected chi connectivity index (χ1v) is 7.13. The summed E-state index contributed by atoms with van der Waals surface area (Å²) in [5.74, 6) is -0.778. The van der Waals surface area contributed by atoms with Crippen LogP contribution in [0.2, 0.25) is 0 Å². The Labute approximate surface area is 131 Å². The molecule has 0 aliphatic heterocycles. The van der Waals surface area contributed by atoms with Gasteiger partial charge in [0.2, 0.25) is 0 Å². The smallest absolute Gasteiger partial charge is 0.331 e. The monoisotopic (exact) mass is 344 g/mol. The summed E-state index contributed by atoms with van der Waals surface area (Å²) < 4.78 is 5.74. The van der Waals surface area contributed by atoms with Crippen LogP contribution in [-0.2, 0) is 9.53 Å². The van der Waals surface area contributed by atoms with E-state index < -0.39 is 5.97 Å². The minimum atomic E-state index is -0.540. The van der Waals surface area contributed by atoms with Crippen LogP contribution in [0.25, 0.3) is 6.08 Å². The fourth-order valence-corrected chi connectivity index (χ4v) is 2.06. The van der Waals surface area contributed by atoms with Gasteiger partial charge in [0.1, 0.15) is 0 Å². The average Bonchev–Trinajstić information content (AvgIpc) is 2.51. The summed E-state index contributed by atoms with van der Waals surface area (Å²) in [5.41, 5.74) is 1.40. The van der Waals surface area contributed by atoms with E-state index in [0.717, 1.165) is 10.0 Å². The molecular formula is C17H13BrO3. The van der Waals surface area contributed by atoms with E-state index in [2.05, 4.69) is 15.9 Å². The third-order valence-corrected chi connectivity index (χ3v) is 3.20. The minimum absolute atomic E-state index is 0.238. The molecule has 0 saturated heterocycles. The van der Waals surface area contributed by atoms with Gasteiger partial charge in [0, 0.05) is 16.1 Å². The molecule has 0 amide bonds. The van der Waals surface area contributed by atoms with Gasteiger partial charge in [0.15, 0.2) is 12.4 Å². The fourth-order valence-electron chi connectivity index (χ4n) is 1.66. The summed E-state index contributed by atoms with van der Waals surface area (Å²) in [5, 5.41) is 0. The molecule has 0 spiro atoms. The lowest BCUT2D eigenvalue weighted by atomic mass is 10.1. The second kappa shape index (κ2) is 7.55. The molecule has 0 atom stereocenters. The van der Waals surface area contributed by atoms with Crippen LogP contribution in [0.3, 0.4) is 0 Å². The van der Waals surface area contributed by atoms with Crippen LogP contribution < -0.4 is 0 Å². The number of rotatable bonds is 5. The molecule has 0 heterocycles. The Morgan fingerprint density at radius 2 is 1.81 bits per heavy atom. The van der Waals surface area contributed by atoms with Crippen molar-refractivity contribution in [3.63, 3.8) is 0 Å². The first kappa shape index (κ1) is 15.2. The van der Waals surface area contributed by atoms with E-state index in [1.165, 1.54) is 6.08 Å². The quantitative estimate of drug-likeness (QED) is 0.469. The Morgan fingerprint density at radius 3 is 2.52 bits per heavy atom. The first-order valence-electron chi connectivity index (χ1n) is 6.34. The number of esters is 1. The predicted molar refractivity (Wildman–Crippen MR) is 84.9 cm³/mol. The molecule has 0 unspecified atom stereocenters. The van der Waals surface area contributed by atoms with E-state index in [0.29, 0.717) is 5.56 Å². The van der Waals surface area contributed by atoms with E-state index in [4.69, 9.17) is 4.74 Å². The number of hydrogen-bond donors (Lipinski definition) is 0. The third kappa shape index (κ3) is 5.00. The summed E-state index contributed by atoms with van der Waals surface area (Å²) in [4.78, 5) is 23.4. The Hall–Kier alpha value is -2.20. The van der Waals surface area contributed by atoms with Crippen LogP contribution >= 0.6 is 15.9 Å². The maximum atomic E-state index is 11.9. The average molecular weight is 345 g/mol. The molecule has 0 radical (unpaired) electrons. The van der Waals surface area contributed by atoms with Gasteiger partial charge >= 0.3 is 5.97 Å². The molecule has 0 bridgehead atoms. The number of Topliss-reactive ketones (excluding diaryl/α,β-unsaturated/α-hetero) is 1. The Kier molecular flexibility index (Phi) is 5.46. The van der Waals surface area contributed by atoms with Gasteiger partial charge in [-0.25, -0.2) is 4.79 Å². The number of halogens is 1. The summed E-state index contributed by atoms with van der Waals surface area (Å²) in [6, 6.07) is 16.3. The van der Waals surface area contributed by atoms with Crippen molar-refractivity contribution in [2.24, 2.45) is 0 Å². The van der Waals surface area contributed by atoms with Gasteiger partial charge in [-0.1, -0.05) is 58.4 Å². The number of ether oxygens (including phenoxy) is 1. The maximum Gasteiger partial charge on any atom is 0.331 e. The zero-order valence-corrected chi connectivity index (χ0v) is 12.7. The zero-order chi connectivity index (χ0) is 15.1. The lowest BCUT2D eigenvalue weighted by Gasteiger charge is -2.02. The lowest BCUT2D eigenvalue weighted by Crippen LogP contribution is -2.12. The molecule has 4 heteroatoms. The normalized spacial score (nSPS) is 10.5. The highest BCUT2D eigenvalue weighted by atomic mass is 79.9. The molecule has 0 saturated carbocycles. The predicted octanol–water partition coefficient (Wildman–Crippen LogP) is 3.89. The molecule has 21 heavy (non-hydrogen) atoms. The van der Waals surface area contributed by atoms with E-state index in [-0.39, 0.29) is 12.4 Å². The molecule has 3 nitrogen and oxygen atoms in total. The van der Waals surface area contributed by atoms with E-state index >= 15 is 0 Å². The van der Waals surface area contributed by atoms with Gasteiger partial charge < -0.3 is 4.74 Å². The van der Waals surface area contributed by atoms with Crippen molar-refractivity contribution in [3.8, 4) is 0 Å². The number of carbonyl (C=O) groups excluding carboxylic acids is 2. The molecule has 2 rings (SSSR count). The number of benzene rings is 2. The van der Waals surface area contributed by atoms with Crippen LogP contribution in [0.5, 0.6) is 0 Å². The van der Waals surface area contributed by atoms with E-state index in [1.54, 1.807) is 24.3 Å². The Bertz CT molecular complexity index is 663. The fraction of sp³-hybridized carbons (Fsp3) is 0.0588.